The van der Waals surface area contributed by atoms with Gasteiger partial charge in [-0.15, -0.1) is 11.3 Å². The van der Waals surface area contributed by atoms with Crippen LogP contribution in [-0.4, -0.2) is 31.9 Å². The molecule has 0 aromatic carbocycles. The zero-order valence-electron chi connectivity index (χ0n) is 13.3. The van der Waals surface area contributed by atoms with Gasteiger partial charge in [-0.1, -0.05) is 26.7 Å². The molecule has 1 aromatic rings. The summed E-state index contributed by atoms with van der Waals surface area (Å²) in [5.74, 6) is 0. The Morgan fingerprint density at radius 3 is 2.57 bits per heavy atom. The second-order valence-corrected chi connectivity index (χ2v) is 9.44. The first-order valence-corrected chi connectivity index (χ1v) is 9.88. The predicted molar refractivity (Wildman–Crippen MR) is 88.2 cm³/mol. The average molecular weight is 331 g/mol. The highest BCUT2D eigenvalue weighted by Gasteiger charge is 2.31. The number of sulfonamides is 1. The summed E-state index contributed by atoms with van der Waals surface area (Å²) in [5, 5.41) is 3.34. The van der Waals surface area contributed by atoms with Crippen LogP contribution < -0.4 is 5.32 Å². The van der Waals surface area contributed by atoms with E-state index in [0.717, 1.165) is 42.0 Å². The highest BCUT2D eigenvalue weighted by Crippen LogP contribution is 2.32. The molecule has 4 nitrogen and oxygen atoms in total. The fourth-order valence-corrected chi connectivity index (χ4v) is 5.76. The summed E-state index contributed by atoms with van der Waals surface area (Å²) in [5.41, 5.74) is 0. The quantitative estimate of drug-likeness (QED) is 0.872. The van der Waals surface area contributed by atoms with Crippen molar-refractivity contribution in [1.29, 1.82) is 0 Å². The Kier molecular flexibility index (Phi) is 5.46. The zero-order valence-corrected chi connectivity index (χ0v) is 15.0. The summed E-state index contributed by atoms with van der Waals surface area (Å²) in [6, 6.07) is 2.41. The van der Waals surface area contributed by atoms with E-state index in [0.29, 0.717) is 10.9 Å². The van der Waals surface area contributed by atoms with E-state index in [2.05, 4.69) is 19.2 Å². The van der Waals surface area contributed by atoms with Gasteiger partial charge >= 0.3 is 0 Å². The predicted octanol–water partition coefficient (Wildman–Crippen LogP) is 3.12. The number of thiophene rings is 1. The van der Waals surface area contributed by atoms with Crippen LogP contribution in [0.25, 0.3) is 0 Å². The standard InChI is InChI=1S/C15H26N2O2S2/c1-11(2)16-10-14-9-15(12(3)20-14)21(18,19)17(4)13-7-5-6-8-13/h9,11,13,16H,5-8,10H2,1-4H3. The molecule has 21 heavy (non-hydrogen) atoms. The number of nitrogens with zero attached hydrogens (tertiary/aromatic N) is 1. The van der Waals surface area contributed by atoms with Crippen LogP contribution in [0, 0.1) is 6.92 Å². The lowest BCUT2D eigenvalue weighted by Gasteiger charge is -2.23. The van der Waals surface area contributed by atoms with Gasteiger partial charge in [-0.2, -0.15) is 4.31 Å². The summed E-state index contributed by atoms with van der Waals surface area (Å²) in [4.78, 5) is 2.46. The van der Waals surface area contributed by atoms with Gasteiger partial charge in [0.15, 0.2) is 0 Å². The van der Waals surface area contributed by atoms with Crippen molar-refractivity contribution >= 4 is 21.4 Å². The van der Waals surface area contributed by atoms with Crippen molar-refractivity contribution in [3.8, 4) is 0 Å². The lowest BCUT2D eigenvalue weighted by atomic mass is 10.3. The number of hydrogen-bond acceptors (Lipinski definition) is 4. The molecule has 0 unspecified atom stereocenters. The molecule has 1 aromatic heterocycles. The van der Waals surface area contributed by atoms with Crippen molar-refractivity contribution in [2.24, 2.45) is 0 Å². The largest absolute Gasteiger partial charge is 0.310 e. The van der Waals surface area contributed by atoms with E-state index in [1.54, 1.807) is 22.7 Å². The SMILES string of the molecule is Cc1sc(CNC(C)C)cc1S(=O)(=O)N(C)C1CCCC1. The molecule has 1 saturated carbocycles. The summed E-state index contributed by atoms with van der Waals surface area (Å²) >= 11 is 1.57. The van der Waals surface area contributed by atoms with E-state index in [1.165, 1.54) is 0 Å². The second-order valence-electron chi connectivity index (χ2n) is 6.13. The van der Waals surface area contributed by atoms with Gasteiger partial charge in [0.25, 0.3) is 0 Å². The Hall–Kier alpha value is -0.430. The van der Waals surface area contributed by atoms with E-state index in [-0.39, 0.29) is 6.04 Å². The molecule has 0 radical (unpaired) electrons. The van der Waals surface area contributed by atoms with Gasteiger partial charge < -0.3 is 5.32 Å². The van der Waals surface area contributed by atoms with Crippen LogP contribution in [0.4, 0.5) is 0 Å². The van der Waals surface area contributed by atoms with E-state index in [1.807, 2.05) is 13.0 Å². The van der Waals surface area contributed by atoms with Crippen LogP contribution in [0.1, 0.15) is 49.3 Å². The first-order valence-electron chi connectivity index (χ1n) is 7.63. The normalized spacial score (nSPS) is 17.2. The molecule has 0 atom stereocenters. The van der Waals surface area contributed by atoms with Gasteiger partial charge in [0.2, 0.25) is 10.0 Å². The van der Waals surface area contributed by atoms with Crippen molar-refractivity contribution in [2.45, 2.75) is 70.0 Å². The maximum Gasteiger partial charge on any atom is 0.244 e. The van der Waals surface area contributed by atoms with Crippen molar-refractivity contribution in [3.05, 3.63) is 15.8 Å². The number of hydrogen-bond donors (Lipinski definition) is 1. The Morgan fingerprint density at radius 1 is 1.38 bits per heavy atom. The van der Waals surface area contributed by atoms with Crippen molar-refractivity contribution < 1.29 is 8.42 Å². The van der Waals surface area contributed by atoms with Crippen molar-refractivity contribution in [3.63, 3.8) is 0 Å². The molecule has 0 aliphatic heterocycles. The van der Waals surface area contributed by atoms with Crippen LogP contribution >= 0.6 is 11.3 Å². The van der Waals surface area contributed by atoms with E-state index in [4.69, 9.17) is 0 Å². The van der Waals surface area contributed by atoms with Gasteiger partial charge in [0, 0.05) is 35.4 Å². The van der Waals surface area contributed by atoms with Crippen LogP contribution in [0.3, 0.4) is 0 Å². The molecule has 0 saturated heterocycles. The van der Waals surface area contributed by atoms with Gasteiger partial charge in [-0.3, -0.25) is 0 Å². The van der Waals surface area contributed by atoms with E-state index >= 15 is 0 Å². The highest BCUT2D eigenvalue weighted by molar-refractivity contribution is 7.89. The summed E-state index contributed by atoms with van der Waals surface area (Å²) in [6.07, 6.45) is 4.24. The van der Waals surface area contributed by atoms with Gasteiger partial charge in [-0.05, 0) is 25.8 Å². The molecule has 0 amide bonds. The third kappa shape index (κ3) is 3.86. The lowest BCUT2D eigenvalue weighted by Crippen LogP contribution is -2.35. The van der Waals surface area contributed by atoms with Crippen molar-refractivity contribution in [2.75, 3.05) is 7.05 Å². The minimum Gasteiger partial charge on any atom is -0.310 e. The third-order valence-corrected chi connectivity index (χ3v) is 7.32. The molecule has 1 fully saturated rings. The fourth-order valence-electron chi connectivity index (χ4n) is 2.79. The van der Waals surface area contributed by atoms with Crippen LogP contribution in [0.15, 0.2) is 11.0 Å². The second kappa shape index (κ2) is 6.77. The first-order chi connectivity index (χ1) is 9.82. The Morgan fingerprint density at radius 2 is 2.00 bits per heavy atom. The fraction of sp³-hybridized carbons (Fsp3) is 0.733. The summed E-state index contributed by atoms with van der Waals surface area (Å²) in [6.45, 7) is 6.81. The summed E-state index contributed by atoms with van der Waals surface area (Å²) in [7, 11) is -1.62. The Labute approximate surface area is 132 Å². The van der Waals surface area contributed by atoms with Crippen LogP contribution in [0.2, 0.25) is 0 Å². The molecule has 1 aliphatic carbocycles. The number of aryl methyl sites for hydroxylation is 1. The molecule has 0 bridgehead atoms. The molecule has 2 rings (SSSR count). The first kappa shape index (κ1) is 16.9. The van der Waals surface area contributed by atoms with Gasteiger partial charge in [-0.25, -0.2) is 8.42 Å². The number of rotatable bonds is 6. The lowest BCUT2D eigenvalue weighted by molar-refractivity contribution is 0.373. The van der Waals surface area contributed by atoms with Crippen LogP contribution in [-0.2, 0) is 16.6 Å². The Bertz CT molecular complexity index is 572. The molecule has 1 heterocycles. The summed E-state index contributed by atoms with van der Waals surface area (Å²) < 4.78 is 27.2. The van der Waals surface area contributed by atoms with Gasteiger partial charge in [0.05, 0.1) is 4.90 Å². The minimum atomic E-state index is -3.35. The Balaban J connectivity index is 2.19. The topological polar surface area (TPSA) is 49.4 Å². The monoisotopic (exact) mass is 330 g/mol. The highest BCUT2D eigenvalue weighted by atomic mass is 32.2. The van der Waals surface area contributed by atoms with Crippen LogP contribution in [0.5, 0.6) is 0 Å². The molecule has 6 heteroatoms. The molecule has 0 spiro atoms. The maximum atomic E-state index is 12.8. The smallest absolute Gasteiger partial charge is 0.244 e. The number of nitrogens with one attached hydrogen (secondary N) is 1. The van der Waals surface area contributed by atoms with E-state index < -0.39 is 10.0 Å². The molecule has 1 aliphatic rings. The van der Waals surface area contributed by atoms with E-state index in [9.17, 15) is 8.42 Å². The third-order valence-electron chi connectivity index (χ3n) is 4.10. The maximum absolute atomic E-state index is 12.8. The molecular formula is C15H26N2O2S2. The zero-order chi connectivity index (χ0) is 15.6. The van der Waals surface area contributed by atoms with Gasteiger partial charge in [0.1, 0.15) is 0 Å². The average Bonchev–Trinajstić information content (AvgIpc) is 3.04. The molecule has 1 N–H and O–H groups in total. The van der Waals surface area contributed by atoms with Crippen molar-refractivity contribution in [1.82, 2.24) is 9.62 Å². The minimum absolute atomic E-state index is 0.173. The molecular weight excluding hydrogens is 304 g/mol. The molecule has 120 valence electrons.